The Morgan fingerprint density at radius 3 is 2.54 bits per heavy atom. The van der Waals surface area contributed by atoms with Crippen LogP contribution in [0.4, 0.5) is 0 Å². The Morgan fingerprint density at radius 2 is 1.82 bits per heavy atom. The van der Waals surface area contributed by atoms with E-state index in [4.69, 9.17) is 4.84 Å². The van der Waals surface area contributed by atoms with E-state index in [2.05, 4.69) is 30.4 Å². The standard InChI is InChI=1S/C32H42N2O5/c1-20(35)25-11-12-26-24-10-9-22-18-23(13-15-31(22,2)27(24)14-16-32(25,26)3)34-39-19-29(36)33-28(30(37)38)17-21-7-5-4-6-8-21/h4-8,18,24-28H,9-17,19H2,1-3H3,(H,33,36)(H,37,38)/t24-,25-,26+,27-,28-,31-,32+/m0/s1. The molecular formula is C32H42N2O5. The third-order valence-corrected chi connectivity index (χ3v) is 10.8. The number of carboxylic acids is 1. The van der Waals surface area contributed by atoms with Gasteiger partial charge in [-0.1, -0.05) is 54.9 Å². The van der Waals surface area contributed by atoms with Crippen LogP contribution in [0.2, 0.25) is 0 Å². The number of amides is 1. The van der Waals surface area contributed by atoms with Crippen LogP contribution in [-0.4, -0.2) is 41.1 Å². The summed E-state index contributed by atoms with van der Waals surface area (Å²) in [5, 5.41) is 16.3. The Kier molecular flexibility index (Phi) is 7.71. The van der Waals surface area contributed by atoms with E-state index < -0.39 is 17.9 Å². The van der Waals surface area contributed by atoms with Crippen LogP contribution in [0, 0.1) is 34.5 Å². The SMILES string of the molecule is CC(=O)[C@@H]1CC[C@@H]2[C@@H]3CCC4=CC(=NOCC(=O)N[C@@H](Cc5ccccc5)C(=O)O)CC[C@]4(C)[C@H]3CC[C@@]21C. The molecule has 4 aliphatic rings. The molecule has 2 N–H and O–H groups in total. The fraction of sp³-hybridized carbons (Fsp3) is 0.625. The number of ketones is 1. The Labute approximate surface area is 231 Å². The van der Waals surface area contributed by atoms with Crippen LogP contribution in [0.5, 0.6) is 0 Å². The highest BCUT2D eigenvalue weighted by atomic mass is 16.6. The normalized spacial score (nSPS) is 35.2. The molecule has 39 heavy (non-hydrogen) atoms. The molecule has 3 fully saturated rings. The van der Waals surface area contributed by atoms with Gasteiger partial charge in [-0.3, -0.25) is 9.59 Å². The number of hydrogen-bond donors (Lipinski definition) is 2. The molecule has 0 saturated heterocycles. The lowest BCUT2D eigenvalue weighted by atomic mass is 9.46. The molecule has 0 unspecified atom stereocenters. The van der Waals surface area contributed by atoms with Gasteiger partial charge in [0, 0.05) is 12.3 Å². The molecule has 4 aliphatic carbocycles. The summed E-state index contributed by atoms with van der Waals surface area (Å²) in [7, 11) is 0. The lowest BCUT2D eigenvalue weighted by Gasteiger charge is -2.58. The zero-order valence-electron chi connectivity index (χ0n) is 23.4. The van der Waals surface area contributed by atoms with Gasteiger partial charge in [0.05, 0.1) is 5.71 Å². The summed E-state index contributed by atoms with van der Waals surface area (Å²) in [4.78, 5) is 41.8. The van der Waals surface area contributed by atoms with Crippen molar-refractivity contribution in [1.29, 1.82) is 0 Å². The van der Waals surface area contributed by atoms with E-state index in [1.54, 1.807) is 6.92 Å². The Bertz CT molecular complexity index is 1180. The minimum Gasteiger partial charge on any atom is -0.480 e. The third-order valence-electron chi connectivity index (χ3n) is 10.8. The van der Waals surface area contributed by atoms with Crippen molar-refractivity contribution in [2.75, 3.05) is 6.61 Å². The number of aliphatic carboxylic acids is 1. The summed E-state index contributed by atoms with van der Waals surface area (Å²) in [5.74, 6) is 1.01. The van der Waals surface area contributed by atoms with Gasteiger partial charge in [0.15, 0.2) is 6.61 Å². The van der Waals surface area contributed by atoms with Gasteiger partial charge in [-0.05, 0) is 98.5 Å². The molecular weight excluding hydrogens is 492 g/mol. The van der Waals surface area contributed by atoms with Crippen LogP contribution in [0.15, 0.2) is 47.1 Å². The quantitative estimate of drug-likeness (QED) is 0.438. The Balaban J connectivity index is 1.19. The minimum atomic E-state index is -1.08. The first-order valence-electron chi connectivity index (χ1n) is 14.6. The molecule has 7 atom stereocenters. The number of allylic oxidation sites excluding steroid dienone is 2. The van der Waals surface area contributed by atoms with Crippen molar-refractivity contribution in [1.82, 2.24) is 5.32 Å². The van der Waals surface area contributed by atoms with Gasteiger partial charge in [-0.25, -0.2) is 4.79 Å². The number of oxime groups is 1. The fourth-order valence-electron chi connectivity index (χ4n) is 8.77. The predicted octanol–water partition coefficient (Wildman–Crippen LogP) is 5.34. The van der Waals surface area contributed by atoms with Crippen molar-refractivity contribution in [2.24, 2.45) is 39.7 Å². The Morgan fingerprint density at radius 1 is 1.05 bits per heavy atom. The number of carboxylic acid groups (broad SMARTS) is 1. The highest BCUT2D eigenvalue weighted by Crippen LogP contribution is 2.66. The molecule has 7 nitrogen and oxygen atoms in total. The minimum absolute atomic E-state index is 0.154. The van der Waals surface area contributed by atoms with Gasteiger partial charge in [0.1, 0.15) is 11.8 Å². The topological polar surface area (TPSA) is 105 Å². The van der Waals surface area contributed by atoms with Crippen LogP contribution in [0.3, 0.4) is 0 Å². The summed E-state index contributed by atoms with van der Waals surface area (Å²) in [6, 6.07) is 8.21. The molecule has 1 aromatic rings. The molecule has 210 valence electrons. The number of carbonyl (C=O) groups is 3. The zero-order valence-corrected chi connectivity index (χ0v) is 23.4. The van der Waals surface area contributed by atoms with Crippen molar-refractivity contribution < 1.29 is 24.3 Å². The van der Waals surface area contributed by atoms with E-state index in [1.165, 1.54) is 24.8 Å². The van der Waals surface area contributed by atoms with Gasteiger partial charge in [-0.15, -0.1) is 0 Å². The van der Waals surface area contributed by atoms with E-state index in [0.717, 1.165) is 43.4 Å². The van der Waals surface area contributed by atoms with Crippen LogP contribution in [0.25, 0.3) is 0 Å². The summed E-state index contributed by atoms with van der Waals surface area (Å²) < 4.78 is 0. The number of nitrogens with zero attached hydrogens (tertiary/aromatic N) is 1. The average Bonchev–Trinajstić information content (AvgIpc) is 3.26. The number of benzene rings is 1. The molecule has 7 heteroatoms. The molecule has 5 rings (SSSR count). The van der Waals surface area contributed by atoms with Crippen molar-refractivity contribution in [2.45, 2.75) is 84.6 Å². The van der Waals surface area contributed by atoms with E-state index >= 15 is 0 Å². The van der Waals surface area contributed by atoms with Gasteiger partial charge in [-0.2, -0.15) is 0 Å². The number of hydrogen-bond acceptors (Lipinski definition) is 5. The zero-order chi connectivity index (χ0) is 27.8. The number of Topliss-reactive ketones (excluding diaryl/α,β-unsaturated/α-hetero) is 1. The van der Waals surface area contributed by atoms with E-state index in [1.807, 2.05) is 30.3 Å². The highest BCUT2D eigenvalue weighted by Gasteiger charge is 2.59. The lowest BCUT2D eigenvalue weighted by molar-refractivity contribution is -0.142. The largest absolute Gasteiger partial charge is 0.480 e. The first kappa shape index (κ1) is 27.6. The van der Waals surface area contributed by atoms with Gasteiger partial charge in [0.2, 0.25) is 0 Å². The number of fused-ring (bicyclic) bond motifs is 5. The fourth-order valence-corrected chi connectivity index (χ4v) is 8.77. The second kappa shape index (κ2) is 10.9. The smallest absolute Gasteiger partial charge is 0.326 e. The maximum absolute atomic E-state index is 12.4. The van der Waals surface area contributed by atoms with Gasteiger partial charge >= 0.3 is 5.97 Å². The van der Waals surface area contributed by atoms with Crippen LogP contribution in [0.1, 0.15) is 77.7 Å². The Hall–Kier alpha value is -2.96. The van der Waals surface area contributed by atoms with Gasteiger partial charge < -0.3 is 15.3 Å². The first-order valence-corrected chi connectivity index (χ1v) is 14.6. The number of nitrogens with one attached hydrogen (secondary N) is 1. The molecule has 0 aliphatic heterocycles. The molecule has 1 aromatic carbocycles. The van der Waals surface area contributed by atoms with E-state index in [9.17, 15) is 19.5 Å². The first-order chi connectivity index (χ1) is 18.6. The second-order valence-corrected chi connectivity index (χ2v) is 12.8. The molecule has 0 bridgehead atoms. The number of rotatable bonds is 8. The maximum Gasteiger partial charge on any atom is 0.326 e. The van der Waals surface area contributed by atoms with Crippen molar-refractivity contribution >= 4 is 23.4 Å². The lowest BCUT2D eigenvalue weighted by Crippen LogP contribution is -2.51. The summed E-state index contributed by atoms with van der Waals surface area (Å²) in [6.07, 6.45) is 11.0. The monoisotopic (exact) mass is 534 g/mol. The maximum atomic E-state index is 12.4. The van der Waals surface area contributed by atoms with Crippen molar-refractivity contribution in [3.63, 3.8) is 0 Å². The van der Waals surface area contributed by atoms with Crippen LogP contribution in [-0.2, 0) is 25.6 Å². The van der Waals surface area contributed by atoms with Gasteiger partial charge in [0.25, 0.3) is 5.91 Å². The van der Waals surface area contributed by atoms with E-state index in [0.29, 0.717) is 23.5 Å². The molecule has 0 spiro atoms. The number of carbonyl (C=O) groups excluding carboxylic acids is 2. The summed E-state index contributed by atoms with van der Waals surface area (Å²) in [6.45, 7) is 6.29. The predicted molar refractivity (Wildman–Crippen MR) is 149 cm³/mol. The molecule has 0 heterocycles. The molecule has 1 amide bonds. The van der Waals surface area contributed by atoms with E-state index in [-0.39, 0.29) is 29.8 Å². The summed E-state index contributed by atoms with van der Waals surface area (Å²) >= 11 is 0. The average molecular weight is 535 g/mol. The van der Waals surface area contributed by atoms with Crippen molar-refractivity contribution in [3.8, 4) is 0 Å². The molecule has 0 aromatic heterocycles. The molecule has 3 saturated carbocycles. The van der Waals surface area contributed by atoms with Crippen LogP contribution >= 0.6 is 0 Å². The van der Waals surface area contributed by atoms with Crippen molar-refractivity contribution in [3.05, 3.63) is 47.5 Å². The summed E-state index contributed by atoms with van der Waals surface area (Å²) in [5.41, 5.74) is 3.46. The van der Waals surface area contributed by atoms with Crippen LogP contribution < -0.4 is 5.32 Å². The molecule has 0 radical (unpaired) electrons. The highest BCUT2D eigenvalue weighted by molar-refractivity contribution is 5.96. The second-order valence-electron chi connectivity index (χ2n) is 12.8. The third kappa shape index (κ3) is 5.29.